The molecule has 0 fully saturated rings. The van der Waals surface area contributed by atoms with Crippen LogP contribution in [0.2, 0.25) is 5.02 Å². The summed E-state index contributed by atoms with van der Waals surface area (Å²) in [6, 6.07) is 9.63. The summed E-state index contributed by atoms with van der Waals surface area (Å²) < 4.78 is 17.9. The minimum absolute atomic E-state index is 0.143. The second-order valence-corrected chi connectivity index (χ2v) is 4.76. The molecule has 2 aromatic rings. The Balaban J connectivity index is 1.93. The molecule has 2 rings (SSSR count). The molecule has 0 radical (unpaired) electrons. The lowest BCUT2D eigenvalue weighted by Gasteiger charge is -2.08. The minimum Gasteiger partial charge on any atom is -0.484 e. The van der Waals surface area contributed by atoms with Crippen molar-refractivity contribution in [1.82, 2.24) is 0 Å². The zero-order valence-electron chi connectivity index (χ0n) is 11.3. The fraction of sp³-hybridized carbons (Fsp3) is 0.0667. The second-order valence-electron chi connectivity index (χ2n) is 4.35. The van der Waals surface area contributed by atoms with Crippen LogP contribution in [0, 0.1) is 5.82 Å². The monoisotopic (exact) mass is 322 g/mol. The third-order valence-electron chi connectivity index (χ3n) is 2.70. The lowest BCUT2D eigenvalue weighted by Crippen LogP contribution is -2.20. The largest absolute Gasteiger partial charge is 0.484 e. The van der Waals surface area contributed by atoms with Crippen LogP contribution < -0.4 is 15.8 Å². The van der Waals surface area contributed by atoms with Crippen LogP contribution in [0.4, 0.5) is 10.1 Å². The Morgan fingerprint density at radius 3 is 2.45 bits per heavy atom. The zero-order valence-corrected chi connectivity index (χ0v) is 12.1. The van der Waals surface area contributed by atoms with E-state index in [1.807, 2.05) is 0 Å². The zero-order chi connectivity index (χ0) is 16.1. The van der Waals surface area contributed by atoms with Crippen LogP contribution in [-0.2, 0) is 4.79 Å². The van der Waals surface area contributed by atoms with E-state index in [1.54, 1.807) is 0 Å². The standard InChI is InChI=1S/C15H12ClFN2O3/c16-13-7-10(3-6-12(13)15(18)21)19-14(20)8-22-11-4-1-9(17)2-5-11/h1-7H,8H2,(H2,18,21)(H,19,20). The number of hydrogen-bond acceptors (Lipinski definition) is 3. The number of amides is 2. The average Bonchev–Trinajstić information content (AvgIpc) is 2.46. The summed E-state index contributed by atoms with van der Waals surface area (Å²) in [5.41, 5.74) is 5.71. The summed E-state index contributed by atoms with van der Waals surface area (Å²) in [6.07, 6.45) is 0. The van der Waals surface area contributed by atoms with E-state index in [9.17, 15) is 14.0 Å². The molecule has 0 heterocycles. The van der Waals surface area contributed by atoms with E-state index >= 15 is 0 Å². The molecule has 3 N–H and O–H groups in total. The van der Waals surface area contributed by atoms with Crippen LogP contribution in [-0.4, -0.2) is 18.4 Å². The molecule has 2 amide bonds. The number of ether oxygens (including phenoxy) is 1. The summed E-state index contributed by atoms with van der Waals surface area (Å²) in [7, 11) is 0. The summed E-state index contributed by atoms with van der Waals surface area (Å²) in [4.78, 5) is 22.8. The molecule has 2 aromatic carbocycles. The maximum absolute atomic E-state index is 12.7. The van der Waals surface area contributed by atoms with E-state index in [0.29, 0.717) is 11.4 Å². The van der Waals surface area contributed by atoms with Crippen LogP contribution in [0.15, 0.2) is 42.5 Å². The van der Waals surface area contributed by atoms with Crippen molar-refractivity contribution in [3.63, 3.8) is 0 Å². The van der Waals surface area contributed by atoms with Crippen molar-refractivity contribution in [2.75, 3.05) is 11.9 Å². The average molecular weight is 323 g/mol. The number of nitrogens with two attached hydrogens (primary N) is 1. The Bertz CT molecular complexity index is 704. The van der Waals surface area contributed by atoms with Gasteiger partial charge in [0.15, 0.2) is 6.61 Å². The third-order valence-corrected chi connectivity index (χ3v) is 3.01. The molecule has 0 aliphatic heterocycles. The Morgan fingerprint density at radius 2 is 1.86 bits per heavy atom. The lowest BCUT2D eigenvalue weighted by molar-refractivity contribution is -0.118. The summed E-state index contributed by atoms with van der Waals surface area (Å²) in [5, 5.41) is 2.70. The maximum Gasteiger partial charge on any atom is 0.262 e. The number of benzene rings is 2. The first-order chi connectivity index (χ1) is 10.5. The highest BCUT2D eigenvalue weighted by Gasteiger charge is 2.09. The van der Waals surface area contributed by atoms with Crippen LogP contribution >= 0.6 is 11.6 Å². The Kier molecular flexibility index (Phi) is 4.95. The Morgan fingerprint density at radius 1 is 1.18 bits per heavy atom. The minimum atomic E-state index is -0.650. The number of carbonyl (C=O) groups is 2. The maximum atomic E-state index is 12.7. The molecule has 0 spiro atoms. The van der Waals surface area contributed by atoms with Gasteiger partial charge in [-0.25, -0.2) is 4.39 Å². The van der Waals surface area contributed by atoms with Gasteiger partial charge in [-0.05, 0) is 42.5 Å². The molecule has 0 bridgehead atoms. The predicted molar refractivity (Wildman–Crippen MR) is 80.5 cm³/mol. The molecule has 0 aliphatic rings. The number of nitrogens with one attached hydrogen (secondary N) is 1. The first-order valence-electron chi connectivity index (χ1n) is 6.23. The van der Waals surface area contributed by atoms with Gasteiger partial charge in [0.1, 0.15) is 11.6 Å². The normalized spacial score (nSPS) is 10.1. The van der Waals surface area contributed by atoms with Gasteiger partial charge in [-0.15, -0.1) is 0 Å². The molecule has 0 aromatic heterocycles. The highest BCUT2D eigenvalue weighted by Crippen LogP contribution is 2.20. The van der Waals surface area contributed by atoms with Crippen molar-refractivity contribution in [2.45, 2.75) is 0 Å². The molecule has 5 nitrogen and oxygen atoms in total. The highest BCUT2D eigenvalue weighted by atomic mass is 35.5. The van der Waals surface area contributed by atoms with Crippen molar-refractivity contribution < 1.29 is 18.7 Å². The molecular formula is C15H12ClFN2O3. The summed E-state index contributed by atoms with van der Waals surface area (Å²) in [6.45, 7) is -0.249. The molecule has 0 atom stereocenters. The van der Waals surface area contributed by atoms with Gasteiger partial charge in [-0.1, -0.05) is 11.6 Å². The molecule has 0 unspecified atom stereocenters. The lowest BCUT2D eigenvalue weighted by atomic mass is 10.2. The number of primary amides is 1. The summed E-state index contributed by atoms with van der Waals surface area (Å²) in [5.74, 6) is -1.09. The van der Waals surface area contributed by atoms with Crippen molar-refractivity contribution in [3.05, 3.63) is 58.9 Å². The van der Waals surface area contributed by atoms with Crippen molar-refractivity contribution in [3.8, 4) is 5.75 Å². The smallest absolute Gasteiger partial charge is 0.262 e. The summed E-state index contributed by atoms with van der Waals surface area (Å²) >= 11 is 5.88. The molecule has 22 heavy (non-hydrogen) atoms. The van der Waals surface area contributed by atoms with Crippen LogP contribution in [0.1, 0.15) is 10.4 Å². The van der Waals surface area contributed by atoms with Gasteiger partial charge >= 0.3 is 0 Å². The van der Waals surface area contributed by atoms with Gasteiger partial charge < -0.3 is 15.8 Å². The second kappa shape index (κ2) is 6.91. The molecule has 0 saturated carbocycles. The van der Waals surface area contributed by atoms with Crippen LogP contribution in [0.5, 0.6) is 5.75 Å². The molecule has 0 saturated heterocycles. The topological polar surface area (TPSA) is 81.4 Å². The van der Waals surface area contributed by atoms with Gasteiger partial charge in [0, 0.05) is 5.69 Å². The number of rotatable bonds is 5. The van der Waals surface area contributed by atoms with Crippen LogP contribution in [0.25, 0.3) is 0 Å². The van der Waals surface area contributed by atoms with Crippen molar-refractivity contribution in [2.24, 2.45) is 5.73 Å². The molecular weight excluding hydrogens is 311 g/mol. The third kappa shape index (κ3) is 4.20. The highest BCUT2D eigenvalue weighted by molar-refractivity contribution is 6.34. The van der Waals surface area contributed by atoms with E-state index in [-0.39, 0.29) is 23.0 Å². The fourth-order valence-electron chi connectivity index (χ4n) is 1.67. The number of halogens is 2. The SMILES string of the molecule is NC(=O)c1ccc(NC(=O)COc2ccc(F)cc2)cc1Cl. The van der Waals surface area contributed by atoms with Crippen molar-refractivity contribution in [1.29, 1.82) is 0 Å². The molecule has 114 valence electrons. The van der Waals surface area contributed by atoms with Gasteiger partial charge in [0.05, 0.1) is 10.6 Å². The van der Waals surface area contributed by atoms with E-state index in [2.05, 4.69) is 5.32 Å². The van der Waals surface area contributed by atoms with Crippen molar-refractivity contribution >= 4 is 29.1 Å². The first kappa shape index (κ1) is 15.8. The van der Waals surface area contributed by atoms with E-state index in [4.69, 9.17) is 22.1 Å². The van der Waals surface area contributed by atoms with Gasteiger partial charge in [0.25, 0.3) is 5.91 Å². The van der Waals surface area contributed by atoms with Crippen LogP contribution in [0.3, 0.4) is 0 Å². The molecule has 0 aliphatic carbocycles. The number of hydrogen-bond donors (Lipinski definition) is 2. The fourth-order valence-corrected chi connectivity index (χ4v) is 1.94. The number of anilines is 1. The van der Waals surface area contributed by atoms with Gasteiger partial charge in [-0.3, -0.25) is 9.59 Å². The number of carbonyl (C=O) groups excluding carboxylic acids is 2. The quantitative estimate of drug-likeness (QED) is 0.887. The Hall–Kier alpha value is -2.60. The van der Waals surface area contributed by atoms with E-state index in [1.165, 1.54) is 42.5 Å². The predicted octanol–water partition coefficient (Wildman–Crippen LogP) is 2.60. The van der Waals surface area contributed by atoms with E-state index in [0.717, 1.165) is 0 Å². The first-order valence-corrected chi connectivity index (χ1v) is 6.61. The van der Waals surface area contributed by atoms with Gasteiger partial charge in [0.2, 0.25) is 5.91 Å². The van der Waals surface area contributed by atoms with Gasteiger partial charge in [-0.2, -0.15) is 0 Å². The van der Waals surface area contributed by atoms with E-state index < -0.39 is 11.8 Å². The molecule has 7 heteroatoms. The Labute approximate surface area is 130 Å².